The summed E-state index contributed by atoms with van der Waals surface area (Å²) in [6.07, 6.45) is 0. The summed E-state index contributed by atoms with van der Waals surface area (Å²) in [6.45, 7) is 0. The molecule has 0 aromatic heterocycles. The van der Waals surface area contributed by atoms with E-state index in [0.29, 0.717) is 11.4 Å². The van der Waals surface area contributed by atoms with E-state index in [1.807, 2.05) is 36.4 Å². The molecule has 0 aliphatic rings. The Labute approximate surface area is 105 Å². The Hall–Kier alpha value is -1.25. The Morgan fingerprint density at radius 2 is 0.800 bits per heavy atom. The molecule has 74 valence electrons. The van der Waals surface area contributed by atoms with Gasteiger partial charge in [0.15, 0.2) is 0 Å². The summed E-state index contributed by atoms with van der Waals surface area (Å²) in [5.41, 5.74) is 15.1. The fourth-order valence-corrected chi connectivity index (χ4v) is 0.876. The van der Waals surface area contributed by atoms with E-state index in [0.717, 1.165) is 0 Å². The Bertz CT molecular complexity index is 311. The molecule has 0 saturated heterocycles. The van der Waals surface area contributed by atoms with Crippen LogP contribution in [-0.2, 0) is 21.7 Å². The van der Waals surface area contributed by atoms with Crippen molar-refractivity contribution in [1.82, 2.24) is 0 Å². The molecule has 0 aliphatic heterocycles. The fourth-order valence-electron chi connectivity index (χ4n) is 0.876. The Morgan fingerprint density at radius 3 is 0.933 bits per heavy atom. The number of hydrogen-bond acceptors (Lipinski definition) is 0. The summed E-state index contributed by atoms with van der Waals surface area (Å²) in [6, 6.07) is 18.2. The zero-order chi connectivity index (χ0) is 10.2. The van der Waals surface area contributed by atoms with Crippen molar-refractivity contribution < 1.29 is 21.7 Å². The zero-order valence-electron chi connectivity index (χ0n) is 8.27. The summed E-state index contributed by atoms with van der Waals surface area (Å²) < 4.78 is 0. The van der Waals surface area contributed by atoms with Crippen LogP contribution in [0.2, 0.25) is 0 Å². The second kappa shape index (κ2) is 8.09. The molecule has 0 fully saturated rings. The quantitative estimate of drug-likeness (QED) is 0.589. The number of rotatable bonds is 0. The van der Waals surface area contributed by atoms with Crippen LogP contribution in [0.5, 0.6) is 0 Å². The van der Waals surface area contributed by atoms with E-state index >= 15 is 0 Å². The topological polar surface area (TPSA) is 47.6 Å². The molecule has 0 heterocycles. The van der Waals surface area contributed by atoms with Gasteiger partial charge in [0.25, 0.3) is 0 Å². The van der Waals surface area contributed by atoms with Crippen molar-refractivity contribution in [3.05, 3.63) is 72.1 Å². The molecule has 0 spiro atoms. The average Bonchev–Trinajstić information content (AvgIpc) is 2.21. The van der Waals surface area contributed by atoms with Gasteiger partial charge < -0.3 is 11.5 Å². The van der Waals surface area contributed by atoms with Crippen LogP contribution in [-0.4, -0.2) is 0 Å². The molecule has 0 amide bonds. The second-order valence-corrected chi connectivity index (χ2v) is 2.73. The monoisotopic (exact) mass is 232 g/mol. The van der Waals surface area contributed by atoms with Gasteiger partial charge >= 0.3 is 21.7 Å². The molecule has 15 heavy (non-hydrogen) atoms. The van der Waals surface area contributed by atoms with E-state index < -0.39 is 0 Å². The van der Waals surface area contributed by atoms with Gasteiger partial charge in [-0.15, -0.1) is 11.4 Å². The van der Waals surface area contributed by atoms with E-state index in [9.17, 15) is 0 Å². The third-order valence-corrected chi connectivity index (χ3v) is 1.55. The molecule has 2 aromatic carbocycles. The predicted molar refractivity (Wildman–Crippen MR) is 60.8 cm³/mol. The summed E-state index contributed by atoms with van der Waals surface area (Å²) in [7, 11) is 0. The Morgan fingerprint density at radius 1 is 0.533 bits per heavy atom. The average molecular weight is 232 g/mol. The van der Waals surface area contributed by atoms with Crippen LogP contribution in [0.3, 0.4) is 0 Å². The smallest absolute Gasteiger partial charge is 0.699 e. The molecule has 2 rings (SSSR count). The van der Waals surface area contributed by atoms with Crippen molar-refractivity contribution in [2.45, 2.75) is 0 Å². The SMILES string of the molecule is [NH-]c1ccccc1.[NH-]c1ccccc1.[Ti+2]. The predicted octanol–water partition coefficient (Wildman–Crippen LogP) is 4.74. The fraction of sp³-hybridized carbons (Fsp3) is 0. The molecule has 2 nitrogen and oxygen atoms in total. The van der Waals surface area contributed by atoms with Crippen LogP contribution in [0.1, 0.15) is 0 Å². The van der Waals surface area contributed by atoms with Crippen LogP contribution in [0.25, 0.3) is 11.5 Å². The summed E-state index contributed by atoms with van der Waals surface area (Å²) in [4.78, 5) is 0. The molecule has 3 heteroatoms. The van der Waals surface area contributed by atoms with E-state index in [-0.39, 0.29) is 21.7 Å². The van der Waals surface area contributed by atoms with Gasteiger partial charge in [-0.3, -0.25) is 0 Å². The van der Waals surface area contributed by atoms with E-state index in [1.165, 1.54) is 0 Å². The van der Waals surface area contributed by atoms with Gasteiger partial charge in [0.05, 0.1) is 0 Å². The van der Waals surface area contributed by atoms with E-state index in [2.05, 4.69) is 0 Å². The second-order valence-electron chi connectivity index (χ2n) is 2.73. The normalized spacial score (nSPS) is 8.00. The molecule has 0 aliphatic carbocycles. The molecule has 2 aromatic rings. The van der Waals surface area contributed by atoms with E-state index in [1.54, 1.807) is 24.3 Å². The van der Waals surface area contributed by atoms with Crippen LogP contribution in [0.4, 0.5) is 11.4 Å². The minimum atomic E-state index is 0. The van der Waals surface area contributed by atoms with Gasteiger partial charge in [0, 0.05) is 0 Å². The van der Waals surface area contributed by atoms with Crippen molar-refractivity contribution >= 4 is 11.4 Å². The van der Waals surface area contributed by atoms with Crippen molar-refractivity contribution in [1.29, 1.82) is 0 Å². The molecular weight excluding hydrogens is 220 g/mol. The van der Waals surface area contributed by atoms with Crippen LogP contribution in [0.15, 0.2) is 60.7 Å². The van der Waals surface area contributed by atoms with Crippen molar-refractivity contribution in [3.63, 3.8) is 0 Å². The summed E-state index contributed by atoms with van der Waals surface area (Å²) in [5, 5.41) is 0. The third-order valence-electron chi connectivity index (χ3n) is 1.55. The largest absolute Gasteiger partial charge is 2.00 e. The van der Waals surface area contributed by atoms with Crippen LogP contribution in [0, 0.1) is 0 Å². The van der Waals surface area contributed by atoms with Gasteiger partial charge in [0.1, 0.15) is 0 Å². The zero-order valence-corrected chi connectivity index (χ0v) is 9.84. The molecule has 0 radical (unpaired) electrons. The number of benzene rings is 2. The number of nitrogens with one attached hydrogen (secondary N) is 2. The van der Waals surface area contributed by atoms with Crippen LogP contribution < -0.4 is 0 Å². The first-order valence-corrected chi connectivity index (χ1v) is 4.32. The van der Waals surface area contributed by atoms with Gasteiger partial charge in [-0.2, -0.15) is 0 Å². The van der Waals surface area contributed by atoms with Gasteiger partial charge in [-0.25, -0.2) is 0 Å². The third kappa shape index (κ3) is 6.78. The molecule has 2 N–H and O–H groups in total. The van der Waals surface area contributed by atoms with Gasteiger partial charge in [-0.05, 0) is 0 Å². The molecule has 0 bridgehead atoms. The number of hydrogen-bond donors (Lipinski definition) is 0. The Balaban J connectivity index is 0.000000245. The first kappa shape index (κ1) is 13.8. The van der Waals surface area contributed by atoms with E-state index in [4.69, 9.17) is 11.5 Å². The maximum Gasteiger partial charge on any atom is 2.00 e. The van der Waals surface area contributed by atoms with Gasteiger partial charge in [0.2, 0.25) is 0 Å². The molecular formula is C12H12N2Ti. The minimum Gasteiger partial charge on any atom is -0.699 e. The molecule has 0 atom stereocenters. The van der Waals surface area contributed by atoms with Crippen molar-refractivity contribution in [3.8, 4) is 0 Å². The first-order valence-electron chi connectivity index (χ1n) is 4.32. The maximum atomic E-state index is 7.00. The first-order chi connectivity index (χ1) is 6.79. The van der Waals surface area contributed by atoms with Crippen molar-refractivity contribution in [2.75, 3.05) is 0 Å². The van der Waals surface area contributed by atoms with Crippen molar-refractivity contribution in [2.24, 2.45) is 0 Å². The van der Waals surface area contributed by atoms with Gasteiger partial charge in [-0.1, -0.05) is 60.7 Å². The standard InChI is InChI=1S/2C6H6N.Ti/c2*7-6-4-2-1-3-5-6;/h2*1-5,7H;/q2*-1;+2. The summed E-state index contributed by atoms with van der Waals surface area (Å²) in [5.74, 6) is 0. The minimum absolute atomic E-state index is 0. The molecule has 0 unspecified atom stereocenters. The summed E-state index contributed by atoms with van der Waals surface area (Å²) >= 11 is 0. The van der Waals surface area contributed by atoms with Crippen LogP contribution >= 0.6 is 0 Å². The molecule has 0 saturated carbocycles. The Kier molecular flexibility index (Phi) is 7.42. The maximum absolute atomic E-state index is 7.00.